The summed E-state index contributed by atoms with van der Waals surface area (Å²) in [5, 5.41) is 17.8. The summed E-state index contributed by atoms with van der Waals surface area (Å²) >= 11 is 7.33. The Hall–Kier alpha value is -1.15. The predicted molar refractivity (Wildman–Crippen MR) is 123 cm³/mol. The van der Waals surface area contributed by atoms with Crippen molar-refractivity contribution in [2.75, 3.05) is 57.4 Å². The van der Waals surface area contributed by atoms with Crippen LogP contribution in [-0.4, -0.2) is 89.3 Å². The molecule has 0 aliphatic carbocycles. The molecule has 18 heteroatoms. The molecule has 13 nitrogen and oxygen atoms in total. The van der Waals surface area contributed by atoms with Crippen molar-refractivity contribution in [3.05, 3.63) is 11.1 Å². The van der Waals surface area contributed by atoms with Crippen LogP contribution in [0.1, 0.15) is 0 Å². The van der Waals surface area contributed by atoms with Crippen LogP contribution < -0.4 is 24.8 Å². The number of rotatable bonds is 12. The molecule has 0 aromatic carbocycles. The topological polar surface area (TPSA) is 186 Å². The van der Waals surface area contributed by atoms with Crippen LogP contribution in [0, 0.1) is 0 Å². The lowest BCUT2D eigenvalue weighted by Gasteiger charge is -2.26. The van der Waals surface area contributed by atoms with E-state index in [-0.39, 0.29) is 39.7 Å². The molecule has 1 atom stereocenters. The van der Waals surface area contributed by atoms with Gasteiger partial charge in [0.1, 0.15) is 16.9 Å². The van der Waals surface area contributed by atoms with Gasteiger partial charge >= 0.3 is 0 Å². The fourth-order valence-corrected chi connectivity index (χ4v) is 7.29. The minimum Gasteiger partial charge on any atom is -0.472 e. The monoisotopic (exact) mass is 562 g/mol. The smallest absolute Gasteiger partial charge is 0.270 e. The molecule has 3 rings (SSSR count). The summed E-state index contributed by atoms with van der Waals surface area (Å²) < 4.78 is 68.3. The molecule has 186 valence electrons. The van der Waals surface area contributed by atoms with Crippen molar-refractivity contribution in [1.82, 2.24) is 18.8 Å². The molecule has 0 radical (unpaired) electrons. The van der Waals surface area contributed by atoms with Crippen molar-refractivity contribution in [1.29, 1.82) is 0 Å². The maximum atomic E-state index is 12.3. The van der Waals surface area contributed by atoms with E-state index in [2.05, 4.69) is 18.8 Å². The third-order valence-electron chi connectivity index (χ3n) is 4.30. The van der Waals surface area contributed by atoms with Gasteiger partial charge in [0.05, 0.1) is 30.0 Å². The summed E-state index contributed by atoms with van der Waals surface area (Å²) in [6.45, 7) is 2.84. The van der Waals surface area contributed by atoms with E-state index in [9.17, 15) is 21.9 Å². The van der Waals surface area contributed by atoms with E-state index in [4.69, 9.17) is 26.2 Å². The standard InChI is InChI=1S/C15H23ClN6O7S4/c16-11-7-12(32(17,24)25)30-15(11)33(26,27)19-2-1-18-8-10(23)9-29-14-13(20-31-21-14)22-3-5-28-6-4-22/h7,10,18-19,23H,1-6,8-9H2,(H2,17,24,25)/t10-/m0/s1. The van der Waals surface area contributed by atoms with Gasteiger partial charge in [-0.05, 0) is 6.07 Å². The molecule has 5 N–H and O–H groups in total. The van der Waals surface area contributed by atoms with Crippen molar-refractivity contribution >= 4 is 60.5 Å². The SMILES string of the molecule is NS(=O)(=O)c1cc(Cl)c(S(=O)(=O)NCCNC[C@H](O)COc2nsnc2N2CCOCC2)s1. The highest BCUT2D eigenvalue weighted by Gasteiger charge is 2.25. The number of hydrogen-bond acceptors (Lipinski definition) is 13. The molecule has 1 fully saturated rings. The number of thiophene rings is 1. The summed E-state index contributed by atoms with van der Waals surface area (Å²) in [6, 6.07) is 0.993. The summed E-state index contributed by atoms with van der Waals surface area (Å²) in [6.07, 6.45) is -0.870. The normalized spacial score (nSPS) is 16.2. The van der Waals surface area contributed by atoms with E-state index in [1.54, 1.807) is 0 Å². The van der Waals surface area contributed by atoms with E-state index in [0.29, 0.717) is 49.3 Å². The first-order valence-corrected chi connectivity index (χ1v) is 14.5. The number of hydrogen-bond donors (Lipinski definition) is 4. The summed E-state index contributed by atoms with van der Waals surface area (Å²) in [7, 11) is -8.09. The lowest BCUT2D eigenvalue weighted by molar-refractivity contribution is 0.103. The van der Waals surface area contributed by atoms with Gasteiger partial charge < -0.3 is 24.8 Å². The number of nitrogens with one attached hydrogen (secondary N) is 2. The Morgan fingerprint density at radius 1 is 1.27 bits per heavy atom. The molecular weight excluding hydrogens is 540 g/mol. The third kappa shape index (κ3) is 7.41. The average molecular weight is 563 g/mol. The molecule has 0 bridgehead atoms. The van der Waals surface area contributed by atoms with Crippen molar-refractivity contribution in [2.45, 2.75) is 14.5 Å². The van der Waals surface area contributed by atoms with Gasteiger partial charge in [-0.25, -0.2) is 26.7 Å². The van der Waals surface area contributed by atoms with E-state index >= 15 is 0 Å². The number of aliphatic hydroxyl groups excluding tert-OH is 1. The van der Waals surface area contributed by atoms with Gasteiger partial charge in [-0.15, -0.1) is 15.7 Å². The van der Waals surface area contributed by atoms with Crippen LogP contribution >= 0.6 is 34.7 Å². The largest absolute Gasteiger partial charge is 0.472 e. The Kier molecular flexibility index (Phi) is 9.23. The fraction of sp³-hybridized carbons (Fsp3) is 0.600. The highest BCUT2D eigenvalue weighted by molar-refractivity contribution is 7.94. The molecule has 0 unspecified atom stereocenters. The van der Waals surface area contributed by atoms with Gasteiger partial charge in [0.2, 0.25) is 15.8 Å². The average Bonchev–Trinajstić information content (AvgIpc) is 3.39. The summed E-state index contributed by atoms with van der Waals surface area (Å²) in [4.78, 5) is 2.00. The first-order chi connectivity index (χ1) is 15.6. The zero-order valence-electron chi connectivity index (χ0n) is 17.1. The van der Waals surface area contributed by atoms with Gasteiger partial charge in [0.15, 0.2) is 4.21 Å². The quantitative estimate of drug-likeness (QED) is 0.233. The highest BCUT2D eigenvalue weighted by Crippen LogP contribution is 2.33. The number of anilines is 1. The minimum atomic E-state index is -4.06. The molecule has 1 aliphatic rings. The van der Waals surface area contributed by atoms with E-state index < -0.39 is 26.2 Å². The number of nitrogens with zero attached hydrogens (tertiary/aromatic N) is 3. The van der Waals surface area contributed by atoms with Crippen molar-refractivity contribution in [3.63, 3.8) is 0 Å². The zero-order chi connectivity index (χ0) is 24.1. The Balaban J connectivity index is 1.39. The Bertz CT molecular complexity index is 1130. The second-order valence-electron chi connectivity index (χ2n) is 6.80. The molecule has 2 aromatic heterocycles. The van der Waals surface area contributed by atoms with Crippen LogP contribution in [0.5, 0.6) is 5.88 Å². The van der Waals surface area contributed by atoms with Crippen molar-refractivity contribution < 1.29 is 31.4 Å². The van der Waals surface area contributed by atoms with Crippen molar-refractivity contribution in [2.24, 2.45) is 5.14 Å². The predicted octanol–water partition coefficient (Wildman–Crippen LogP) is -0.955. The van der Waals surface area contributed by atoms with Crippen LogP contribution in [0.3, 0.4) is 0 Å². The highest BCUT2D eigenvalue weighted by atomic mass is 35.5. The van der Waals surface area contributed by atoms with E-state index in [0.717, 1.165) is 17.8 Å². The Morgan fingerprint density at radius 3 is 2.67 bits per heavy atom. The molecule has 1 saturated heterocycles. The van der Waals surface area contributed by atoms with Crippen LogP contribution in [0.15, 0.2) is 14.5 Å². The lowest BCUT2D eigenvalue weighted by atomic mass is 10.3. The molecule has 2 aromatic rings. The number of ether oxygens (including phenoxy) is 2. The third-order valence-corrected chi connectivity index (χ3v) is 9.87. The van der Waals surface area contributed by atoms with Crippen molar-refractivity contribution in [3.8, 4) is 5.88 Å². The molecule has 33 heavy (non-hydrogen) atoms. The maximum absolute atomic E-state index is 12.3. The van der Waals surface area contributed by atoms with E-state index in [1.165, 1.54) is 0 Å². The number of primary sulfonamides is 1. The number of sulfonamides is 2. The second kappa shape index (κ2) is 11.5. The zero-order valence-corrected chi connectivity index (χ0v) is 21.2. The minimum absolute atomic E-state index is 0.0218. The number of aromatic nitrogens is 2. The van der Waals surface area contributed by atoms with Crippen LogP contribution in [-0.2, 0) is 24.8 Å². The first kappa shape index (κ1) is 26.5. The van der Waals surface area contributed by atoms with E-state index in [1.807, 2.05) is 4.90 Å². The molecule has 0 amide bonds. The van der Waals surface area contributed by atoms with Crippen LogP contribution in [0.2, 0.25) is 5.02 Å². The molecule has 0 spiro atoms. The summed E-state index contributed by atoms with van der Waals surface area (Å²) in [5.74, 6) is 0.969. The number of aliphatic hydroxyl groups is 1. The maximum Gasteiger partial charge on any atom is 0.270 e. The molecule has 1 aliphatic heterocycles. The van der Waals surface area contributed by atoms with Crippen LogP contribution in [0.25, 0.3) is 0 Å². The molecular formula is C15H23ClN6O7S4. The fourth-order valence-electron chi connectivity index (χ4n) is 2.73. The second-order valence-corrected chi connectivity index (χ2v) is 12.5. The van der Waals surface area contributed by atoms with Gasteiger partial charge in [-0.2, -0.15) is 4.37 Å². The Labute approximate surface area is 204 Å². The van der Waals surface area contributed by atoms with Gasteiger partial charge in [0, 0.05) is 32.7 Å². The first-order valence-electron chi connectivity index (χ1n) is 9.56. The van der Waals surface area contributed by atoms with Gasteiger partial charge in [0.25, 0.3) is 15.9 Å². The van der Waals surface area contributed by atoms with Gasteiger partial charge in [-0.1, -0.05) is 11.6 Å². The van der Waals surface area contributed by atoms with Gasteiger partial charge in [-0.3, -0.25) is 0 Å². The summed E-state index contributed by atoms with van der Waals surface area (Å²) in [5.41, 5.74) is 0. The Morgan fingerprint density at radius 2 is 2.00 bits per heavy atom. The number of halogens is 1. The lowest BCUT2D eigenvalue weighted by Crippen LogP contribution is -2.38. The molecule has 0 saturated carbocycles. The van der Waals surface area contributed by atoms with Crippen LogP contribution in [0.4, 0.5) is 5.82 Å². The number of nitrogens with two attached hydrogens (primary N) is 1. The number of morpholine rings is 1. The molecule has 3 heterocycles.